The van der Waals surface area contributed by atoms with Crippen LogP contribution in [0.1, 0.15) is 36.6 Å². The highest BCUT2D eigenvalue weighted by atomic mass is 19.4. The molecule has 12 heteroatoms. The number of aromatic nitrogens is 4. The van der Waals surface area contributed by atoms with Crippen molar-refractivity contribution in [2.45, 2.75) is 37.5 Å². The van der Waals surface area contributed by atoms with Crippen molar-refractivity contribution in [2.75, 3.05) is 11.9 Å². The molecule has 2 aromatic rings. The van der Waals surface area contributed by atoms with E-state index in [0.29, 0.717) is 30.9 Å². The summed E-state index contributed by atoms with van der Waals surface area (Å²) < 4.78 is 41.3. The predicted molar refractivity (Wildman–Crippen MR) is 89.5 cm³/mol. The minimum atomic E-state index is -4.48. The molecule has 2 aromatic heterocycles. The number of hydrogen-bond acceptors (Lipinski definition) is 7. The number of carbonyl (C=O) groups excluding carboxylic acids is 1. The Morgan fingerprint density at radius 3 is 2.82 bits per heavy atom. The fourth-order valence-electron chi connectivity index (χ4n) is 2.89. The Kier molecular flexibility index (Phi) is 5.62. The van der Waals surface area contributed by atoms with E-state index in [2.05, 4.69) is 25.5 Å². The van der Waals surface area contributed by atoms with E-state index in [-0.39, 0.29) is 11.6 Å². The molecule has 1 saturated carbocycles. The molecule has 148 valence electrons. The number of nitrogens with zero attached hydrogens (tertiary/aromatic N) is 4. The first kappa shape index (κ1) is 19.4. The molecule has 1 aliphatic carbocycles. The van der Waals surface area contributed by atoms with E-state index in [1.807, 2.05) is 6.07 Å². The number of H-pyrrole nitrogens is 1. The van der Waals surface area contributed by atoms with Crippen molar-refractivity contribution in [1.29, 1.82) is 5.26 Å². The molecule has 1 aliphatic rings. The molecule has 0 radical (unpaired) electrons. The van der Waals surface area contributed by atoms with Crippen LogP contribution >= 0.6 is 0 Å². The number of aromatic amines is 1. The average molecular weight is 395 g/mol. The molecular weight excluding hydrogens is 379 g/mol. The number of halogens is 3. The Labute approximate surface area is 157 Å². The zero-order valence-electron chi connectivity index (χ0n) is 14.5. The van der Waals surface area contributed by atoms with Crippen LogP contribution < -0.4 is 10.6 Å². The van der Waals surface area contributed by atoms with Crippen molar-refractivity contribution in [3.05, 3.63) is 29.8 Å². The second-order valence-electron chi connectivity index (χ2n) is 6.24. The van der Waals surface area contributed by atoms with E-state index in [1.54, 1.807) is 11.4 Å². The predicted octanol–water partition coefficient (Wildman–Crippen LogP) is 2.74. The van der Waals surface area contributed by atoms with Gasteiger partial charge >= 0.3 is 12.3 Å². The number of nitriles is 1. The molecule has 0 spiro atoms. The van der Waals surface area contributed by atoms with Crippen molar-refractivity contribution in [3.8, 4) is 6.07 Å². The van der Waals surface area contributed by atoms with Gasteiger partial charge in [-0.2, -0.15) is 23.5 Å². The van der Waals surface area contributed by atoms with Gasteiger partial charge in [0.05, 0.1) is 12.4 Å². The van der Waals surface area contributed by atoms with Crippen molar-refractivity contribution >= 4 is 17.7 Å². The normalized spacial score (nSPS) is 19.1. The maximum absolute atomic E-state index is 12.1. The van der Waals surface area contributed by atoms with Crippen molar-refractivity contribution in [2.24, 2.45) is 0 Å². The molecule has 28 heavy (non-hydrogen) atoms. The molecule has 3 N–H and O–H groups in total. The summed E-state index contributed by atoms with van der Waals surface area (Å²) in [6, 6.07) is 3.65. The number of alkyl carbamates (subject to hydrolysis) is 1. The van der Waals surface area contributed by atoms with Crippen LogP contribution in [0.3, 0.4) is 0 Å². The highest BCUT2D eigenvalue weighted by molar-refractivity contribution is 5.67. The number of carbonyl (C=O) groups is 1. The summed E-state index contributed by atoms with van der Waals surface area (Å²) in [7, 11) is 0. The summed E-state index contributed by atoms with van der Waals surface area (Å²) in [5.41, 5.74) is 1.01. The minimum Gasteiger partial charge on any atom is -0.446 e. The third kappa shape index (κ3) is 5.32. The maximum atomic E-state index is 12.1. The SMILES string of the molecule is N#Cc1cnc(Nc2cc(C3CCC(OC(=O)NCC(F)(F)F)C3)[nH]n2)cn1. The molecule has 0 bridgehead atoms. The quantitative estimate of drug-likeness (QED) is 0.710. The number of ether oxygens (including phenoxy) is 1. The van der Waals surface area contributed by atoms with Crippen LogP contribution in [-0.4, -0.2) is 45.1 Å². The van der Waals surface area contributed by atoms with Gasteiger partial charge in [-0.05, 0) is 19.3 Å². The Bertz CT molecular complexity index is 860. The lowest BCUT2D eigenvalue weighted by molar-refractivity contribution is -0.124. The van der Waals surface area contributed by atoms with E-state index in [0.717, 1.165) is 5.69 Å². The van der Waals surface area contributed by atoms with E-state index < -0.39 is 24.9 Å². The highest BCUT2D eigenvalue weighted by Gasteiger charge is 2.32. The van der Waals surface area contributed by atoms with Gasteiger partial charge in [-0.25, -0.2) is 14.8 Å². The van der Waals surface area contributed by atoms with Gasteiger partial charge in [-0.3, -0.25) is 5.10 Å². The largest absolute Gasteiger partial charge is 0.446 e. The number of rotatable bonds is 5. The zero-order valence-corrected chi connectivity index (χ0v) is 14.5. The Morgan fingerprint density at radius 2 is 2.14 bits per heavy atom. The summed E-state index contributed by atoms with van der Waals surface area (Å²) in [5.74, 6) is 0.961. The number of hydrogen-bond donors (Lipinski definition) is 3. The highest BCUT2D eigenvalue weighted by Crippen LogP contribution is 2.36. The summed E-state index contributed by atoms with van der Waals surface area (Å²) in [6.45, 7) is -1.42. The second-order valence-corrected chi connectivity index (χ2v) is 6.24. The van der Waals surface area contributed by atoms with Crippen LogP contribution in [0.15, 0.2) is 18.5 Å². The first-order valence-corrected chi connectivity index (χ1v) is 8.38. The number of nitrogens with one attached hydrogen (secondary N) is 3. The smallest absolute Gasteiger partial charge is 0.407 e. The molecule has 9 nitrogen and oxygen atoms in total. The van der Waals surface area contributed by atoms with Crippen molar-refractivity contribution < 1.29 is 22.7 Å². The van der Waals surface area contributed by atoms with Crippen LogP contribution in [0.25, 0.3) is 0 Å². The number of amides is 1. The molecular formula is C16H16F3N7O2. The van der Waals surface area contributed by atoms with E-state index in [1.165, 1.54) is 12.4 Å². The lowest BCUT2D eigenvalue weighted by Crippen LogP contribution is -2.35. The molecule has 0 aliphatic heterocycles. The first-order valence-electron chi connectivity index (χ1n) is 8.38. The van der Waals surface area contributed by atoms with E-state index in [9.17, 15) is 18.0 Å². The summed E-state index contributed by atoms with van der Waals surface area (Å²) in [6.07, 6.45) is -1.53. The molecule has 2 atom stereocenters. The van der Waals surface area contributed by atoms with Crippen LogP contribution in [0.5, 0.6) is 0 Å². The molecule has 1 fully saturated rings. The van der Waals surface area contributed by atoms with Crippen molar-refractivity contribution in [3.63, 3.8) is 0 Å². The van der Waals surface area contributed by atoms with E-state index in [4.69, 9.17) is 10.00 Å². The van der Waals surface area contributed by atoms with Gasteiger partial charge in [-0.15, -0.1) is 0 Å². The number of alkyl halides is 3. The monoisotopic (exact) mass is 395 g/mol. The van der Waals surface area contributed by atoms with E-state index >= 15 is 0 Å². The van der Waals surface area contributed by atoms with Gasteiger partial charge in [0.2, 0.25) is 0 Å². The van der Waals surface area contributed by atoms with Gasteiger partial charge in [0.1, 0.15) is 24.5 Å². The maximum Gasteiger partial charge on any atom is 0.407 e. The van der Waals surface area contributed by atoms with Crippen molar-refractivity contribution in [1.82, 2.24) is 25.5 Å². The van der Waals surface area contributed by atoms with Gasteiger partial charge in [0.15, 0.2) is 11.5 Å². The summed E-state index contributed by atoms with van der Waals surface area (Å²) >= 11 is 0. The third-order valence-corrected chi connectivity index (χ3v) is 4.15. The van der Waals surface area contributed by atoms with Gasteiger partial charge in [-0.1, -0.05) is 0 Å². The molecule has 2 unspecified atom stereocenters. The lowest BCUT2D eigenvalue weighted by Gasteiger charge is -2.14. The molecule has 0 aromatic carbocycles. The Hall–Kier alpha value is -3.36. The Balaban J connectivity index is 1.50. The molecule has 2 heterocycles. The van der Waals surface area contributed by atoms with Gasteiger partial charge in [0, 0.05) is 17.7 Å². The van der Waals surface area contributed by atoms with Crippen LogP contribution in [-0.2, 0) is 4.74 Å². The average Bonchev–Trinajstić information content (AvgIpc) is 3.29. The van der Waals surface area contributed by atoms with Crippen LogP contribution in [0, 0.1) is 11.3 Å². The summed E-state index contributed by atoms with van der Waals surface area (Å²) in [4.78, 5) is 19.4. The molecule has 3 rings (SSSR count). The second kappa shape index (κ2) is 8.12. The zero-order chi connectivity index (χ0) is 20.1. The standard InChI is InChI=1S/C16H16F3N7O2/c17-16(18,19)8-23-15(27)28-11-2-1-9(3-11)12-4-13(26-25-12)24-14-7-21-10(5-20)6-22-14/h4,6-7,9,11H,1-3,8H2,(H,23,27)(H2,22,24,25,26). The fourth-order valence-corrected chi connectivity index (χ4v) is 2.89. The van der Waals surface area contributed by atoms with Gasteiger partial charge in [0.25, 0.3) is 0 Å². The topological polar surface area (TPSA) is 129 Å². The van der Waals surface area contributed by atoms with Gasteiger partial charge < -0.3 is 15.4 Å². The number of anilines is 2. The van der Waals surface area contributed by atoms with Crippen LogP contribution in [0.4, 0.5) is 29.6 Å². The summed E-state index contributed by atoms with van der Waals surface area (Å²) in [5, 5.41) is 20.4. The molecule has 1 amide bonds. The minimum absolute atomic E-state index is 0.0375. The molecule has 0 saturated heterocycles. The first-order chi connectivity index (χ1) is 13.3. The fraction of sp³-hybridized carbons (Fsp3) is 0.438. The Morgan fingerprint density at radius 1 is 1.32 bits per heavy atom. The van der Waals surface area contributed by atoms with Crippen LogP contribution in [0.2, 0.25) is 0 Å². The third-order valence-electron chi connectivity index (χ3n) is 4.15. The lowest BCUT2D eigenvalue weighted by atomic mass is 10.0.